The Kier molecular flexibility index (Phi) is 4.69. The van der Waals surface area contributed by atoms with Crippen LogP contribution in [-0.2, 0) is 14.5 Å². The van der Waals surface area contributed by atoms with Crippen LogP contribution in [-0.4, -0.2) is 59.6 Å². The maximum Gasteiger partial charge on any atom is 0.246 e. The maximum absolute atomic E-state index is 13.4. The largest absolute Gasteiger partial charge is 0.339 e. The third kappa shape index (κ3) is 2.81. The van der Waals surface area contributed by atoms with Gasteiger partial charge in [0, 0.05) is 31.3 Å². The molecule has 3 fully saturated rings. The highest BCUT2D eigenvalue weighted by atomic mass is 32.2. The van der Waals surface area contributed by atoms with E-state index in [0.717, 1.165) is 24.9 Å². The number of piperidine rings is 1. The highest BCUT2D eigenvalue weighted by Crippen LogP contribution is 2.54. The van der Waals surface area contributed by atoms with Crippen molar-refractivity contribution in [2.75, 3.05) is 25.9 Å². The molecule has 1 aromatic rings. The monoisotopic (exact) mass is 377 g/mol. The van der Waals surface area contributed by atoms with Gasteiger partial charge >= 0.3 is 0 Å². The number of benzene rings is 1. The fourth-order valence-corrected chi connectivity index (χ4v) is 6.10. The van der Waals surface area contributed by atoms with E-state index in [4.69, 9.17) is 0 Å². The molecule has 3 unspecified atom stereocenters. The molecule has 3 aliphatic heterocycles. The Bertz CT molecular complexity index is 713. The van der Waals surface area contributed by atoms with E-state index in [0.29, 0.717) is 31.2 Å². The summed E-state index contributed by atoms with van der Waals surface area (Å²) < 4.78 is 13.4. The summed E-state index contributed by atoms with van der Waals surface area (Å²) in [5.74, 6) is 0.391. The number of hydrogen-bond acceptors (Lipinski definition) is 4. The highest BCUT2D eigenvalue weighted by molar-refractivity contribution is 8.00. The Morgan fingerprint density at radius 3 is 2.85 bits per heavy atom. The van der Waals surface area contributed by atoms with Crippen LogP contribution >= 0.6 is 11.8 Å². The number of carbonyl (C=O) groups excluding carboxylic acids is 2. The van der Waals surface area contributed by atoms with Crippen molar-refractivity contribution in [2.24, 2.45) is 0 Å². The molecule has 1 aromatic carbocycles. The van der Waals surface area contributed by atoms with Gasteiger partial charge in [0.25, 0.3) is 0 Å². The van der Waals surface area contributed by atoms with Crippen molar-refractivity contribution in [3.05, 3.63) is 35.6 Å². The molecule has 0 saturated carbocycles. The van der Waals surface area contributed by atoms with Crippen LogP contribution in [0.1, 0.15) is 31.2 Å². The highest BCUT2D eigenvalue weighted by Gasteiger charge is 2.57. The first-order valence-corrected chi connectivity index (χ1v) is 10.2. The van der Waals surface area contributed by atoms with Crippen molar-refractivity contribution in [3.63, 3.8) is 0 Å². The van der Waals surface area contributed by atoms with Gasteiger partial charge in [0.2, 0.25) is 11.8 Å². The molecule has 0 radical (unpaired) electrons. The Labute approximate surface area is 157 Å². The standard InChI is InChI=1S/C19H24FN3O2S/c1-21-15-3-2-10-22(11-15)18(25)16-12-26-19(9-8-17(24)23(16)19)13-4-6-14(20)7-5-13/h4-7,15-16,21H,2-3,8-12H2,1H3. The fourth-order valence-electron chi connectivity index (χ4n) is 4.46. The van der Waals surface area contributed by atoms with Gasteiger partial charge in [-0.3, -0.25) is 9.59 Å². The summed E-state index contributed by atoms with van der Waals surface area (Å²) in [5.41, 5.74) is 0.914. The van der Waals surface area contributed by atoms with Crippen LogP contribution in [0.3, 0.4) is 0 Å². The molecule has 3 saturated heterocycles. The van der Waals surface area contributed by atoms with Crippen LogP contribution in [0.25, 0.3) is 0 Å². The van der Waals surface area contributed by atoms with Gasteiger partial charge in [-0.05, 0) is 44.0 Å². The van der Waals surface area contributed by atoms with E-state index in [2.05, 4.69) is 5.32 Å². The molecule has 0 aliphatic carbocycles. The molecule has 26 heavy (non-hydrogen) atoms. The summed E-state index contributed by atoms with van der Waals surface area (Å²) >= 11 is 1.65. The van der Waals surface area contributed by atoms with Crippen molar-refractivity contribution in [2.45, 2.75) is 42.6 Å². The van der Waals surface area contributed by atoms with Crippen LogP contribution in [0, 0.1) is 5.82 Å². The van der Waals surface area contributed by atoms with Crippen LogP contribution < -0.4 is 5.32 Å². The summed E-state index contributed by atoms with van der Waals surface area (Å²) in [5, 5.41) is 3.26. The second-order valence-corrected chi connectivity index (χ2v) is 8.59. The zero-order valence-corrected chi connectivity index (χ0v) is 15.7. The first-order valence-electron chi connectivity index (χ1n) is 9.23. The average molecular weight is 377 g/mol. The van der Waals surface area contributed by atoms with Gasteiger partial charge < -0.3 is 15.1 Å². The van der Waals surface area contributed by atoms with E-state index >= 15 is 0 Å². The number of amides is 2. The number of carbonyl (C=O) groups is 2. The Hall–Kier alpha value is -1.60. The van der Waals surface area contributed by atoms with Gasteiger partial charge in [-0.15, -0.1) is 11.8 Å². The SMILES string of the molecule is CNC1CCCN(C(=O)C2CSC3(c4ccc(F)cc4)CCC(=O)N23)C1. The normalized spacial score (nSPS) is 31.4. The smallest absolute Gasteiger partial charge is 0.246 e. The topological polar surface area (TPSA) is 52.7 Å². The minimum Gasteiger partial charge on any atom is -0.339 e. The second-order valence-electron chi connectivity index (χ2n) is 7.29. The first kappa shape index (κ1) is 17.8. The lowest BCUT2D eigenvalue weighted by Gasteiger charge is -2.38. The van der Waals surface area contributed by atoms with Gasteiger partial charge in [0.05, 0.1) is 0 Å². The molecule has 5 nitrogen and oxygen atoms in total. The molecule has 140 valence electrons. The van der Waals surface area contributed by atoms with Gasteiger partial charge in [-0.2, -0.15) is 0 Å². The number of likely N-dealkylation sites (N-methyl/N-ethyl adjacent to an activating group) is 1. The molecule has 7 heteroatoms. The fraction of sp³-hybridized carbons (Fsp3) is 0.579. The van der Waals surface area contributed by atoms with E-state index in [1.54, 1.807) is 28.8 Å². The van der Waals surface area contributed by atoms with Crippen molar-refractivity contribution in [1.82, 2.24) is 15.1 Å². The van der Waals surface area contributed by atoms with E-state index in [1.165, 1.54) is 12.1 Å². The summed E-state index contributed by atoms with van der Waals surface area (Å²) in [6.07, 6.45) is 3.16. The Balaban J connectivity index is 1.60. The van der Waals surface area contributed by atoms with Crippen LogP contribution in [0.15, 0.2) is 24.3 Å². The van der Waals surface area contributed by atoms with Gasteiger partial charge in [0.15, 0.2) is 0 Å². The summed E-state index contributed by atoms with van der Waals surface area (Å²) in [7, 11) is 1.92. The number of rotatable bonds is 3. The zero-order valence-electron chi connectivity index (χ0n) is 14.9. The molecule has 0 aromatic heterocycles. The third-order valence-electron chi connectivity index (χ3n) is 5.85. The molecule has 0 spiro atoms. The molecule has 3 atom stereocenters. The van der Waals surface area contributed by atoms with Gasteiger partial charge in [-0.25, -0.2) is 4.39 Å². The molecule has 3 heterocycles. The van der Waals surface area contributed by atoms with Crippen LogP contribution in [0.4, 0.5) is 4.39 Å². The number of nitrogens with zero attached hydrogens (tertiary/aromatic N) is 2. The second kappa shape index (κ2) is 6.85. The Morgan fingerprint density at radius 2 is 2.12 bits per heavy atom. The van der Waals surface area contributed by atoms with E-state index in [9.17, 15) is 14.0 Å². The summed E-state index contributed by atoms with van der Waals surface area (Å²) in [6.45, 7) is 1.45. The van der Waals surface area contributed by atoms with Crippen molar-refractivity contribution in [1.29, 1.82) is 0 Å². The molecule has 3 aliphatic rings. The lowest BCUT2D eigenvalue weighted by molar-refractivity contribution is -0.145. The number of fused-ring (bicyclic) bond motifs is 1. The van der Waals surface area contributed by atoms with Crippen molar-refractivity contribution in [3.8, 4) is 0 Å². The first-order chi connectivity index (χ1) is 12.5. The number of thioether (sulfide) groups is 1. The van der Waals surface area contributed by atoms with Crippen LogP contribution in [0.2, 0.25) is 0 Å². The minimum atomic E-state index is -0.524. The van der Waals surface area contributed by atoms with Crippen molar-refractivity contribution >= 4 is 23.6 Å². The van der Waals surface area contributed by atoms with Gasteiger partial charge in [0.1, 0.15) is 16.7 Å². The third-order valence-corrected chi connectivity index (χ3v) is 7.45. The number of nitrogens with one attached hydrogen (secondary N) is 1. The zero-order chi connectivity index (χ0) is 18.3. The average Bonchev–Trinajstić information content (AvgIpc) is 3.21. The van der Waals surface area contributed by atoms with E-state index in [1.807, 2.05) is 11.9 Å². The number of hydrogen-bond donors (Lipinski definition) is 1. The lowest BCUT2D eigenvalue weighted by atomic mass is 10.0. The molecular weight excluding hydrogens is 353 g/mol. The van der Waals surface area contributed by atoms with E-state index < -0.39 is 10.9 Å². The van der Waals surface area contributed by atoms with E-state index in [-0.39, 0.29) is 17.6 Å². The molecule has 4 rings (SSSR count). The molecule has 1 N–H and O–H groups in total. The summed E-state index contributed by atoms with van der Waals surface area (Å²) in [6, 6.07) is 6.26. The Morgan fingerprint density at radius 1 is 1.35 bits per heavy atom. The lowest BCUT2D eigenvalue weighted by Crippen LogP contribution is -2.55. The predicted molar refractivity (Wildman–Crippen MR) is 99.1 cm³/mol. The number of likely N-dealkylation sites (tertiary alicyclic amines) is 1. The van der Waals surface area contributed by atoms with Gasteiger partial charge in [-0.1, -0.05) is 12.1 Å². The maximum atomic E-state index is 13.4. The van der Waals surface area contributed by atoms with Crippen molar-refractivity contribution < 1.29 is 14.0 Å². The quantitative estimate of drug-likeness (QED) is 0.875. The summed E-state index contributed by atoms with van der Waals surface area (Å²) in [4.78, 5) is 29.1. The molecule has 0 bridgehead atoms. The minimum absolute atomic E-state index is 0.0276. The number of halogens is 1. The van der Waals surface area contributed by atoms with Crippen LogP contribution in [0.5, 0.6) is 0 Å². The predicted octanol–water partition coefficient (Wildman–Crippen LogP) is 1.93. The molecule has 2 amide bonds. The molecular formula is C19H24FN3O2S.